The Morgan fingerprint density at radius 1 is 1.12 bits per heavy atom. The van der Waals surface area contributed by atoms with Crippen LogP contribution in [0.4, 0.5) is 0 Å². The van der Waals surface area contributed by atoms with Gasteiger partial charge in [0.2, 0.25) is 10.0 Å². The van der Waals surface area contributed by atoms with E-state index in [-0.39, 0.29) is 11.4 Å². The molecular weight excluding hydrogens is 354 g/mol. The number of aryl methyl sites for hydroxylation is 1. The zero-order chi connectivity index (χ0) is 17.9. The zero-order valence-electron chi connectivity index (χ0n) is 14.0. The van der Waals surface area contributed by atoms with E-state index >= 15 is 0 Å². The molecule has 4 nitrogen and oxygen atoms in total. The van der Waals surface area contributed by atoms with Crippen molar-refractivity contribution in [2.75, 3.05) is 7.11 Å². The number of rotatable bonds is 6. The van der Waals surface area contributed by atoms with Crippen LogP contribution in [0, 0.1) is 6.92 Å². The average molecular weight is 373 g/mol. The van der Waals surface area contributed by atoms with E-state index in [1.54, 1.807) is 43.6 Å². The van der Waals surface area contributed by atoms with Gasteiger partial charge in [-0.15, -0.1) is 0 Å². The standard InChI is InChI=1S/C19H19NO3S2/c1-14-11-17(23-2)7-8-19(14)25(21,22)20-12-15-5-3-4-6-18(15)16-9-10-24-13-16/h3-11,13,20H,12H2,1-2H3. The van der Waals surface area contributed by atoms with Crippen molar-refractivity contribution in [1.29, 1.82) is 0 Å². The molecule has 1 aromatic heterocycles. The van der Waals surface area contributed by atoms with Gasteiger partial charge in [-0.2, -0.15) is 11.3 Å². The first-order valence-electron chi connectivity index (χ1n) is 7.76. The minimum atomic E-state index is -3.60. The number of methoxy groups -OCH3 is 1. The van der Waals surface area contributed by atoms with Crippen LogP contribution in [-0.4, -0.2) is 15.5 Å². The third-order valence-corrected chi connectivity index (χ3v) is 6.22. The Bertz CT molecular complexity index is 964. The highest BCUT2D eigenvalue weighted by atomic mass is 32.2. The first kappa shape index (κ1) is 17.7. The van der Waals surface area contributed by atoms with Gasteiger partial charge < -0.3 is 4.74 Å². The van der Waals surface area contributed by atoms with E-state index in [0.717, 1.165) is 16.7 Å². The van der Waals surface area contributed by atoms with Crippen molar-refractivity contribution in [1.82, 2.24) is 4.72 Å². The molecule has 3 rings (SSSR count). The molecule has 130 valence electrons. The molecule has 1 N–H and O–H groups in total. The van der Waals surface area contributed by atoms with Crippen molar-refractivity contribution in [2.45, 2.75) is 18.4 Å². The molecule has 0 saturated heterocycles. The Kier molecular flexibility index (Phi) is 5.22. The van der Waals surface area contributed by atoms with Crippen LogP contribution >= 0.6 is 11.3 Å². The molecule has 0 fully saturated rings. The van der Waals surface area contributed by atoms with Crippen molar-refractivity contribution >= 4 is 21.4 Å². The number of sulfonamides is 1. The van der Waals surface area contributed by atoms with Gasteiger partial charge in [0.25, 0.3) is 0 Å². The van der Waals surface area contributed by atoms with Crippen LogP contribution < -0.4 is 9.46 Å². The lowest BCUT2D eigenvalue weighted by Crippen LogP contribution is -2.24. The maximum Gasteiger partial charge on any atom is 0.241 e. The summed E-state index contributed by atoms with van der Waals surface area (Å²) in [6, 6.07) is 14.8. The largest absolute Gasteiger partial charge is 0.497 e. The maximum atomic E-state index is 12.7. The van der Waals surface area contributed by atoms with E-state index in [2.05, 4.69) is 10.1 Å². The van der Waals surface area contributed by atoms with E-state index in [1.165, 1.54) is 0 Å². The quantitative estimate of drug-likeness (QED) is 0.704. The number of hydrogen-bond donors (Lipinski definition) is 1. The molecule has 0 radical (unpaired) electrons. The fourth-order valence-corrected chi connectivity index (χ4v) is 4.56. The molecule has 6 heteroatoms. The molecule has 0 aliphatic carbocycles. The van der Waals surface area contributed by atoms with E-state index in [1.807, 2.05) is 35.7 Å². The Labute approximate surface area is 152 Å². The van der Waals surface area contributed by atoms with Gasteiger partial charge in [0.15, 0.2) is 0 Å². The fourth-order valence-electron chi connectivity index (χ4n) is 2.67. The third-order valence-electron chi connectivity index (χ3n) is 3.97. The highest BCUT2D eigenvalue weighted by Gasteiger charge is 2.17. The second-order valence-electron chi connectivity index (χ2n) is 5.63. The summed E-state index contributed by atoms with van der Waals surface area (Å²) in [4.78, 5) is 0.265. The number of thiophene rings is 1. The summed E-state index contributed by atoms with van der Waals surface area (Å²) in [6.45, 7) is 2.00. The van der Waals surface area contributed by atoms with Crippen LogP contribution in [0.25, 0.3) is 11.1 Å². The maximum absolute atomic E-state index is 12.7. The Balaban J connectivity index is 1.84. The lowest BCUT2D eigenvalue weighted by atomic mass is 10.0. The number of hydrogen-bond acceptors (Lipinski definition) is 4. The van der Waals surface area contributed by atoms with E-state index in [4.69, 9.17) is 4.74 Å². The topological polar surface area (TPSA) is 55.4 Å². The highest BCUT2D eigenvalue weighted by Crippen LogP contribution is 2.26. The molecule has 3 aromatic rings. The molecule has 0 amide bonds. The summed E-state index contributed by atoms with van der Waals surface area (Å²) in [5.41, 5.74) is 3.73. The molecule has 0 aliphatic heterocycles. The van der Waals surface area contributed by atoms with Gasteiger partial charge >= 0.3 is 0 Å². The number of nitrogens with one attached hydrogen (secondary N) is 1. The second kappa shape index (κ2) is 7.39. The first-order valence-corrected chi connectivity index (χ1v) is 10.2. The van der Waals surface area contributed by atoms with Crippen LogP contribution in [0.5, 0.6) is 5.75 Å². The summed E-state index contributed by atoms with van der Waals surface area (Å²) in [7, 11) is -2.04. The third kappa shape index (κ3) is 3.92. The zero-order valence-corrected chi connectivity index (χ0v) is 15.7. The van der Waals surface area contributed by atoms with Gasteiger partial charge in [0, 0.05) is 6.54 Å². The van der Waals surface area contributed by atoms with Gasteiger partial charge in [-0.1, -0.05) is 24.3 Å². The lowest BCUT2D eigenvalue weighted by Gasteiger charge is -2.12. The number of ether oxygens (including phenoxy) is 1. The van der Waals surface area contributed by atoms with Crippen LogP contribution in [0.3, 0.4) is 0 Å². The summed E-state index contributed by atoms with van der Waals surface area (Å²) in [6.07, 6.45) is 0. The first-order chi connectivity index (χ1) is 12.0. The molecule has 0 bridgehead atoms. The second-order valence-corrected chi connectivity index (χ2v) is 8.14. The average Bonchev–Trinajstić information content (AvgIpc) is 3.14. The summed E-state index contributed by atoms with van der Waals surface area (Å²) < 4.78 is 33.2. The summed E-state index contributed by atoms with van der Waals surface area (Å²) in [5.74, 6) is 0.638. The predicted molar refractivity (Wildman–Crippen MR) is 102 cm³/mol. The van der Waals surface area contributed by atoms with Crippen molar-refractivity contribution in [3.05, 3.63) is 70.4 Å². The van der Waals surface area contributed by atoms with Crippen molar-refractivity contribution in [3.8, 4) is 16.9 Å². The normalized spacial score (nSPS) is 11.4. The number of benzene rings is 2. The Morgan fingerprint density at radius 2 is 1.92 bits per heavy atom. The van der Waals surface area contributed by atoms with Crippen molar-refractivity contribution < 1.29 is 13.2 Å². The summed E-state index contributed by atoms with van der Waals surface area (Å²) >= 11 is 1.62. The van der Waals surface area contributed by atoms with Crippen molar-refractivity contribution in [2.24, 2.45) is 0 Å². The molecule has 0 atom stereocenters. The molecule has 0 saturated carbocycles. The molecular formula is C19H19NO3S2. The molecule has 0 unspecified atom stereocenters. The lowest BCUT2D eigenvalue weighted by molar-refractivity contribution is 0.414. The highest BCUT2D eigenvalue weighted by molar-refractivity contribution is 7.89. The Morgan fingerprint density at radius 3 is 2.60 bits per heavy atom. The smallest absolute Gasteiger partial charge is 0.241 e. The van der Waals surface area contributed by atoms with Gasteiger partial charge in [-0.25, -0.2) is 13.1 Å². The van der Waals surface area contributed by atoms with Gasteiger partial charge in [-0.05, 0) is 64.2 Å². The van der Waals surface area contributed by atoms with Crippen LogP contribution in [0.1, 0.15) is 11.1 Å². The van der Waals surface area contributed by atoms with Crippen LogP contribution in [0.15, 0.2) is 64.2 Å². The van der Waals surface area contributed by atoms with Crippen LogP contribution in [0.2, 0.25) is 0 Å². The minimum Gasteiger partial charge on any atom is -0.497 e. The SMILES string of the molecule is COc1ccc(S(=O)(=O)NCc2ccccc2-c2ccsc2)c(C)c1. The predicted octanol–water partition coefficient (Wildman–Crippen LogP) is 4.21. The van der Waals surface area contributed by atoms with Gasteiger partial charge in [0.05, 0.1) is 12.0 Å². The monoisotopic (exact) mass is 373 g/mol. The van der Waals surface area contributed by atoms with Gasteiger partial charge in [0.1, 0.15) is 5.75 Å². The van der Waals surface area contributed by atoms with E-state index in [9.17, 15) is 8.42 Å². The molecule has 25 heavy (non-hydrogen) atoms. The van der Waals surface area contributed by atoms with E-state index in [0.29, 0.717) is 11.3 Å². The van der Waals surface area contributed by atoms with Crippen LogP contribution in [-0.2, 0) is 16.6 Å². The molecule has 0 aliphatic rings. The summed E-state index contributed by atoms with van der Waals surface area (Å²) in [5, 5.41) is 4.07. The Hall–Kier alpha value is -2.15. The molecule has 0 spiro atoms. The van der Waals surface area contributed by atoms with Crippen molar-refractivity contribution in [3.63, 3.8) is 0 Å². The fraction of sp³-hybridized carbons (Fsp3) is 0.158. The minimum absolute atomic E-state index is 0.236. The molecule has 1 heterocycles. The molecule has 2 aromatic carbocycles. The van der Waals surface area contributed by atoms with Gasteiger partial charge in [-0.3, -0.25) is 0 Å². The van der Waals surface area contributed by atoms with E-state index < -0.39 is 10.0 Å².